The highest BCUT2D eigenvalue weighted by molar-refractivity contribution is 6.33. The number of hydrogen-bond acceptors (Lipinski definition) is 5. The van der Waals surface area contributed by atoms with E-state index in [0.29, 0.717) is 0 Å². The average molecular weight is 209 g/mol. The molecule has 6 heteroatoms. The van der Waals surface area contributed by atoms with E-state index in [1.165, 1.54) is 0 Å². The molecule has 0 bridgehead atoms. The van der Waals surface area contributed by atoms with Crippen molar-refractivity contribution < 1.29 is 14.6 Å². The topological polar surface area (TPSA) is 97.4 Å². The van der Waals surface area contributed by atoms with Gasteiger partial charge < -0.3 is 4.89 Å². The van der Waals surface area contributed by atoms with Crippen molar-refractivity contribution in [1.29, 1.82) is 5.41 Å². The van der Waals surface area contributed by atoms with Gasteiger partial charge in [0, 0.05) is 0 Å². The molecule has 0 fully saturated rings. The van der Waals surface area contributed by atoms with Crippen molar-refractivity contribution in [3.63, 3.8) is 0 Å². The largest absolute Gasteiger partial charge is 0.323 e. The monoisotopic (exact) mass is 209 g/mol. The van der Waals surface area contributed by atoms with Gasteiger partial charge in [-0.3, -0.25) is 15.6 Å². The zero-order chi connectivity index (χ0) is 11.1. The summed E-state index contributed by atoms with van der Waals surface area (Å²) in [6.07, 6.45) is 0. The molecule has 0 unspecified atom stereocenters. The van der Waals surface area contributed by atoms with Crippen LogP contribution in [0.1, 0.15) is 5.56 Å². The molecule has 0 aliphatic rings. The van der Waals surface area contributed by atoms with Crippen LogP contribution in [0.5, 0.6) is 0 Å². The first-order valence-corrected chi connectivity index (χ1v) is 4.17. The third-order valence-electron chi connectivity index (χ3n) is 1.55. The number of rotatable bonds is 3. The van der Waals surface area contributed by atoms with Crippen LogP contribution in [0.15, 0.2) is 30.3 Å². The molecular weight excluding hydrogens is 198 g/mol. The molecule has 0 aliphatic carbocycles. The van der Waals surface area contributed by atoms with E-state index in [-0.39, 0.29) is 6.61 Å². The number of hydrogen-bond donors (Lipinski definition) is 3. The van der Waals surface area contributed by atoms with Crippen LogP contribution in [-0.2, 0) is 21.2 Å². The second-order valence-electron chi connectivity index (χ2n) is 2.63. The third kappa shape index (κ3) is 3.75. The minimum absolute atomic E-state index is 0.154. The molecule has 0 aliphatic heterocycles. The first-order chi connectivity index (χ1) is 7.24. The van der Waals surface area contributed by atoms with Gasteiger partial charge in [0.15, 0.2) is 0 Å². The maximum atomic E-state index is 10.7. The Bertz CT molecular complexity index is 340. The Morgan fingerprint density at radius 1 is 1.40 bits per heavy atom. The van der Waals surface area contributed by atoms with Crippen LogP contribution in [0.3, 0.4) is 0 Å². The second-order valence-corrected chi connectivity index (χ2v) is 2.63. The van der Waals surface area contributed by atoms with Gasteiger partial charge in [0.1, 0.15) is 6.61 Å². The van der Waals surface area contributed by atoms with Gasteiger partial charge >= 0.3 is 11.8 Å². The summed E-state index contributed by atoms with van der Waals surface area (Å²) in [6, 6.07) is 9.22. The summed E-state index contributed by atoms with van der Waals surface area (Å²) in [5, 5.41) is 7.02. The maximum Gasteiger partial charge on any atom is 0.323 e. The number of benzene rings is 1. The molecule has 0 atom stereocenters. The fourth-order valence-corrected chi connectivity index (χ4v) is 0.834. The van der Waals surface area contributed by atoms with Crippen LogP contribution in [0, 0.1) is 5.41 Å². The van der Waals surface area contributed by atoms with Gasteiger partial charge in [-0.1, -0.05) is 30.3 Å². The van der Waals surface area contributed by atoms with E-state index in [4.69, 9.17) is 11.3 Å². The lowest BCUT2D eigenvalue weighted by atomic mass is 10.2. The normalized spacial score (nSPS) is 9.40. The molecule has 80 valence electrons. The molecule has 1 aromatic rings. The second kappa shape index (κ2) is 5.74. The van der Waals surface area contributed by atoms with Crippen molar-refractivity contribution in [2.75, 3.05) is 0 Å². The third-order valence-corrected chi connectivity index (χ3v) is 1.55. The molecule has 0 saturated carbocycles. The zero-order valence-corrected chi connectivity index (χ0v) is 7.90. The van der Waals surface area contributed by atoms with E-state index in [9.17, 15) is 4.79 Å². The number of carbonyl (C=O) groups excluding carboxylic acids is 1. The molecule has 0 spiro atoms. The summed E-state index contributed by atoms with van der Waals surface area (Å²) in [7, 11) is 0. The summed E-state index contributed by atoms with van der Waals surface area (Å²) < 4.78 is 0. The van der Waals surface area contributed by atoms with Crippen LogP contribution >= 0.6 is 0 Å². The van der Waals surface area contributed by atoms with Gasteiger partial charge in [0.2, 0.25) is 0 Å². The molecule has 0 radical (unpaired) electrons. The number of nitrogens with one attached hydrogen (secondary N) is 2. The van der Waals surface area contributed by atoms with Crippen molar-refractivity contribution in [1.82, 2.24) is 5.43 Å². The highest BCUT2D eigenvalue weighted by Crippen LogP contribution is 2.00. The Morgan fingerprint density at radius 2 is 2.07 bits per heavy atom. The molecule has 0 heterocycles. The molecule has 15 heavy (non-hydrogen) atoms. The highest BCUT2D eigenvalue weighted by atomic mass is 17.2. The number of hydrazine groups is 1. The Balaban J connectivity index is 2.28. The van der Waals surface area contributed by atoms with E-state index >= 15 is 0 Å². The standard InChI is InChI=1S/C9H11N3O3/c10-8(9(13)12-11)15-14-6-7-4-2-1-3-5-7/h1-5,10H,6,11H2,(H,12,13). The first-order valence-electron chi connectivity index (χ1n) is 4.17. The predicted molar refractivity (Wildman–Crippen MR) is 52.4 cm³/mol. The van der Waals surface area contributed by atoms with Crippen LogP contribution in [0.4, 0.5) is 0 Å². The molecule has 1 aromatic carbocycles. The van der Waals surface area contributed by atoms with Crippen molar-refractivity contribution in [2.24, 2.45) is 5.84 Å². The van der Waals surface area contributed by atoms with Crippen molar-refractivity contribution in [3.05, 3.63) is 35.9 Å². The molecular formula is C9H11N3O3. The van der Waals surface area contributed by atoms with Crippen LogP contribution in [0.2, 0.25) is 0 Å². The van der Waals surface area contributed by atoms with Crippen LogP contribution in [0.25, 0.3) is 0 Å². The van der Waals surface area contributed by atoms with E-state index in [2.05, 4.69) is 9.78 Å². The van der Waals surface area contributed by atoms with E-state index < -0.39 is 11.8 Å². The predicted octanol–water partition coefficient (Wildman–Crippen LogP) is 0.102. The Kier molecular flexibility index (Phi) is 4.27. The first kappa shape index (κ1) is 11.2. The van der Waals surface area contributed by atoms with Crippen molar-refractivity contribution in [3.8, 4) is 0 Å². The Hall–Kier alpha value is -1.92. The average Bonchev–Trinajstić information content (AvgIpc) is 2.29. The Labute approximate surface area is 86.4 Å². The van der Waals surface area contributed by atoms with Gasteiger partial charge in [0.25, 0.3) is 0 Å². The van der Waals surface area contributed by atoms with Crippen molar-refractivity contribution >= 4 is 11.8 Å². The van der Waals surface area contributed by atoms with Crippen LogP contribution < -0.4 is 11.3 Å². The highest BCUT2D eigenvalue weighted by Gasteiger charge is 2.09. The van der Waals surface area contributed by atoms with Crippen LogP contribution in [-0.4, -0.2) is 11.8 Å². The van der Waals surface area contributed by atoms with Crippen molar-refractivity contribution in [2.45, 2.75) is 6.61 Å². The minimum Gasteiger partial charge on any atom is -0.311 e. The lowest BCUT2D eigenvalue weighted by Gasteiger charge is -2.04. The molecule has 1 amide bonds. The Morgan fingerprint density at radius 3 is 2.67 bits per heavy atom. The molecule has 6 nitrogen and oxygen atoms in total. The fraction of sp³-hybridized carbons (Fsp3) is 0.111. The quantitative estimate of drug-likeness (QED) is 0.164. The number of amides is 1. The molecule has 0 saturated heterocycles. The molecule has 0 aromatic heterocycles. The SMILES string of the molecule is N=C(OOCc1ccccc1)C(=O)NN. The summed E-state index contributed by atoms with van der Waals surface area (Å²) >= 11 is 0. The lowest BCUT2D eigenvalue weighted by molar-refractivity contribution is -0.234. The van der Waals surface area contributed by atoms with E-state index in [1.54, 1.807) is 5.43 Å². The summed E-state index contributed by atoms with van der Waals surface area (Å²) in [6.45, 7) is 0.154. The summed E-state index contributed by atoms with van der Waals surface area (Å²) in [4.78, 5) is 19.7. The number of nitrogens with two attached hydrogens (primary N) is 1. The summed E-state index contributed by atoms with van der Waals surface area (Å²) in [5.74, 6) is 3.25. The van der Waals surface area contributed by atoms with E-state index in [1.807, 2.05) is 30.3 Å². The summed E-state index contributed by atoms with van der Waals surface area (Å²) in [5.41, 5.74) is 2.62. The van der Waals surface area contributed by atoms with E-state index in [0.717, 1.165) is 5.56 Å². The number of carbonyl (C=O) groups is 1. The fourth-order valence-electron chi connectivity index (χ4n) is 0.834. The molecule has 1 rings (SSSR count). The van der Waals surface area contributed by atoms with Gasteiger partial charge in [-0.05, 0) is 5.56 Å². The van der Waals surface area contributed by atoms with Gasteiger partial charge in [-0.25, -0.2) is 5.84 Å². The smallest absolute Gasteiger partial charge is 0.311 e. The lowest BCUT2D eigenvalue weighted by Crippen LogP contribution is -2.37. The molecule has 4 N–H and O–H groups in total. The van der Waals surface area contributed by atoms with Gasteiger partial charge in [-0.2, -0.15) is 4.89 Å². The van der Waals surface area contributed by atoms with Gasteiger partial charge in [0.05, 0.1) is 0 Å². The zero-order valence-electron chi connectivity index (χ0n) is 7.90. The maximum absolute atomic E-state index is 10.7. The minimum atomic E-state index is -0.844. The van der Waals surface area contributed by atoms with Gasteiger partial charge in [-0.15, -0.1) is 0 Å².